The highest BCUT2D eigenvalue weighted by atomic mass is 79.9. The summed E-state index contributed by atoms with van der Waals surface area (Å²) in [6.45, 7) is 1.47. The Morgan fingerprint density at radius 3 is 2.69 bits per heavy atom. The van der Waals surface area contributed by atoms with Gasteiger partial charge in [-0.25, -0.2) is 4.39 Å². The number of rotatable bonds is 1. The number of halogens is 2. The molecule has 1 heterocycles. The monoisotopic (exact) mass is 245 g/mol. The van der Waals surface area contributed by atoms with E-state index in [1.54, 1.807) is 0 Å². The summed E-state index contributed by atoms with van der Waals surface area (Å²) >= 11 is 3.16. The topological polar surface area (TPSA) is 32.3 Å². The van der Waals surface area contributed by atoms with Crippen LogP contribution < -0.4 is 5.32 Å². The van der Waals surface area contributed by atoms with Crippen molar-refractivity contribution in [3.05, 3.63) is 28.0 Å². The first-order valence-corrected chi connectivity index (χ1v) is 4.87. The molecule has 2 N–H and O–H groups in total. The summed E-state index contributed by atoms with van der Waals surface area (Å²) in [6, 6.07) is 2.89. The summed E-state index contributed by atoms with van der Waals surface area (Å²) in [5, 5.41) is 12.6. The summed E-state index contributed by atoms with van der Waals surface area (Å²) in [5.41, 5.74) is 0.424. The van der Waals surface area contributed by atoms with Crippen molar-refractivity contribution >= 4 is 15.9 Å². The summed E-state index contributed by atoms with van der Waals surface area (Å²) in [7, 11) is 0. The summed E-state index contributed by atoms with van der Waals surface area (Å²) in [6.07, 6.45) is 0. The zero-order chi connectivity index (χ0) is 9.42. The number of hydrogen-bond donors (Lipinski definition) is 2. The van der Waals surface area contributed by atoms with Gasteiger partial charge in [-0.2, -0.15) is 0 Å². The Morgan fingerprint density at radius 2 is 2.15 bits per heavy atom. The number of hydrogen-bond acceptors (Lipinski definition) is 2. The fourth-order valence-corrected chi connectivity index (χ4v) is 1.78. The standard InChI is InChI=1S/C9H9BrFNO/c10-6-1-2-7(11)8(9(6)13)5-3-12-4-5/h1-2,5,12-13H,3-4H2. The highest BCUT2D eigenvalue weighted by Gasteiger charge is 2.26. The SMILES string of the molecule is Oc1c(Br)ccc(F)c1C1CNC1. The Morgan fingerprint density at radius 1 is 1.46 bits per heavy atom. The van der Waals surface area contributed by atoms with Crippen molar-refractivity contribution in [3.63, 3.8) is 0 Å². The summed E-state index contributed by atoms with van der Waals surface area (Å²) in [4.78, 5) is 0. The molecule has 1 aliphatic rings. The van der Waals surface area contributed by atoms with Crippen molar-refractivity contribution in [1.82, 2.24) is 5.32 Å². The average molecular weight is 246 g/mol. The minimum absolute atomic E-state index is 0.0338. The third-order valence-corrected chi connectivity index (χ3v) is 2.94. The molecule has 1 aromatic rings. The second-order valence-corrected chi connectivity index (χ2v) is 4.00. The zero-order valence-electron chi connectivity index (χ0n) is 6.85. The van der Waals surface area contributed by atoms with E-state index in [0.717, 1.165) is 13.1 Å². The second-order valence-electron chi connectivity index (χ2n) is 3.15. The van der Waals surface area contributed by atoms with Crippen LogP contribution >= 0.6 is 15.9 Å². The van der Waals surface area contributed by atoms with Gasteiger partial charge in [0.15, 0.2) is 0 Å². The van der Waals surface area contributed by atoms with Gasteiger partial charge in [0.1, 0.15) is 11.6 Å². The number of phenolic OH excluding ortho intramolecular Hbond substituents is 1. The quantitative estimate of drug-likeness (QED) is 0.794. The number of aromatic hydroxyl groups is 1. The number of phenols is 1. The summed E-state index contributed by atoms with van der Waals surface area (Å²) < 4.78 is 13.8. The first-order valence-electron chi connectivity index (χ1n) is 4.07. The van der Waals surface area contributed by atoms with E-state index in [9.17, 15) is 9.50 Å². The molecule has 2 rings (SSSR count). The van der Waals surface area contributed by atoms with E-state index in [2.05, 4.69) is 21.2 Å². The molecule has 0 bridgehead atoms. The maximum Gasteiger partial charge on any atom is 0.136 e. The van der Waals surface area contributed by atoms with Gasteiger partial charge in [-0.1, -0.05) is 0 Å². The minimum Gasteiger partial charge on any atom is -0.506 e. The predicted octanol–water partition coefficient (Wildman–Crippen LogP) is 1.98. The molecule has 0 unspecified atom stereocenters. The van der Waals surface area contributed by atoms with Crippen LogP contribution in [0.25, 0.3) is 0 Å². The molecule has 1 fully saturated rings. The van der Waals surface area contributed by atoms with Crippen molar-refractivity contribution in [2.45, 2.75) is 5.92 Å². The van der Waals surface area contributed by atoms with Crippen LogP contribution in [-0.2, 0) is 0 Å². The molecule has 70 valence electrons. The van der Waals surface area contributed by atoms with Crippen LogP contribution in [0.1, 0.15) is 11.5 Å². The Hall–Kier alpha value is -0.610. The molecule has 1 aromatic carbocycles. The van der Waals surface area contributed by atoms with Gasteiger partial charge in [-0.15, -0.1) is 0 Å². The van der Waals surface area contributed by atoms with Gasteiger partial charge in [0, 0.05) is 24.6 Å². The number of benzene rings is 1. The van der Waals surface area contributed by atoms with Gasteiger partial charge in [0.2, 0.25) is 0 Å². The first kappa shape index (κ1) is 8.97. The van der Waals surface area contributed by atoms with Gasteiger partial charge in [0.25, 0.3) is 0 Å². The molecule has 2 nitrogen and oxygen atoms in total. The fraction of sp³-hybridized carbons (Fsp3) is 0.333. The molecule has 0 aromatic heterocycles. The Balaban J connectivity index is 2.46. The first-order chi connectivity index (χ1) is 6.20. The van der Waals surface area contributed by atoms with Crippen LogP contribution in [0.4, 0.5) is 4.39 Å². The van der Waals surface area contributed by atoms with Crippen molar-refractivity contribution in [3.8, 4) is 5.75 Å². The van der Waals surface area contributed by atoms with E-state index < -0.39 is 0 Å². The van der Waals surface area contributed by atoms with Crippen molar-refractivity contribution < 1.29 is 9.50 Å². The van der Waals surface area contributed by atoms with E-state index in [1.807, 2.05) is 0 Å². The second kappa shape index (κ2) is 3.27. The molecular formula is C9H9BrFNO. The molecule has 0 radical (unpaired) electrons. The lowest BCUT2D eigenvalue weighted by molar-refractivity contribution is 0.395. The third kappa shape index (κ3) is 1.44. The van der Waals surface area contributed by atoms with Gasteiger partial charge in [0.05, 0.1) is 4.47 Å². The molecule has 4 heteroatoms. The molecule has 0 amide bonds. The fourth-order valence-electron chi connectivity index (χ4n) is 1.44. The van der Waals surface area contributed by atoms with E-state index >= 15 is 0 Å². The lowest BCUT2D eigenvalue weighted by Crippen LogP contribution is -2.40. The largest absolute Gasteiger partial charge is 0.506 e. The predicted molar refractivity (Wildman–Crippen MR) is 51.4 cm³/mol. The third-order valence-electron chi connectivity index (χ3n) is 2.30. The van der Waals surface area contributed by atoms with Crippen LogP contribution in [0.2, 0.25) is 0 Å². The van der Waals surface area contributed by atoms with E-state index in [0.29, 0.717) is 10.0 Å². The van der Waals surface area contributed by atoms with Crippen LogP contribution in [0.5, 0.6) is 5.75 Å². The van der Waals surface area contributed by atoms with E-state index in [-0.39, 0.29) is 17.5 Å². The van der Waals surface area contributed by atoms with Crippen LogP contribution in [0.3, 0.4) is 0 Å². The van der Waals surface area contributed by atoms with Crippen molar-refractivity contribution in [1.29, 1.82) is 0 Å². The highest BCUT2D eigenvalue weighted by Crippen LogP contribution is 2.36. The van der Waals surface area contributed by atoms with Crippen LogP contribution in [0.15, 0.2) is 16.6 Å². The minimum atomic E-state index is -0.327. The van der Waals surface area contributed by atoms with Crippen molar-refractivity contribution in [2.75, 3.05) is 13.1 Å². The lowest BCUT2D eigenvalue weighted by Gasteiger charge is -2.28. The van der Waals surface area contributed by atoms with E-state index in [1.165, 1.54) is 12.1 Å². The average Bonchev–Trinajstić information content (AvgIpc) is 2.02. The molecule has 0 saturated carbocycles. The number of nitrogens with one attached hydrogen (secondary N) is 1. The molecule has 0 aliphatic carbocycles. The molecule has 0 atom stereocenters. The Kier molecular flexibility index (Phi) is 2.26. The van der Waals surface area contributed by atoms with Gasteiger partial charge in [-0.3, -0.25) is 0 Å². The lowest BCUT2D eigenvalue weighted by atomic mass is 9.92. The molecule has 1 saturated heterocycles. The van der Waals surface area contributed by atoms with Gasteiger partial charge >= 0.3 is 0 Å². The summed E-state index contributed by atoms with van der Waals surface area (Å²) in [5.74, 6) is -0.184. The molecular weight excluding hydrogens is 237 g/mol. The maximum absolute atomic E-state index is 13.3. The van der Waals surface area contributed by atoms with Crippen LogP contribution in [-0.4, -0.2) is 18.2 Å². The van der Waals surface area contributed by atoms with Crippen LogP contribution in [0, 0.1) is 5.82 Å². The van der Waals surface area contributed by atoms with Gasteiger partial charge in [-0.05, 0) is 28.1 Å². The zero-order valence-corrected chi connectivity index (χ0v) is 8.44. The normalized spacial score (nSPS) is 17.1. The molecule has 13 heavy (non-hydrogen) atoms. The van der Waals surface area contributed by atoms with Gasteiger partial charge < -0.3 is 10.4 Å². The Bertz CT molecular complexity index is 339. The highest BCUT2D eigenvalue weighted by molar-refractivity contribution is 9.10. The maximum atomic E-state index is 13.3. The van der Waals surface area contributed by atoms with Crippen molar-refractivity contribution in [2.24, 2.45) is 0 Å². The molecule has 0 spiro atoms. The van der Waals surface area contributed by atoms with E-state index in [4.69, 9.17) is 0 Å². The Labute approximate surface area is 83.9 Å². The smallest absolute Gasteiger partial charge is 0.136 e. The molecule has 1 aliphatic heterocycles.